The highest BCUT2D eigenvalue weighted by Crippen LogP contribution is 2.40. The summed E-state index contributed by atoms with van der Waals surface area (Å²) < 4.78 is 5.60. The lowest BCUT2D eigenvalue weighted by molar-refractivity contribution is -0.160. The van der Waals surface area contributed by atoms with Crippen molar-refractivity contribution in [3.63, 3.8) is 0 Å². The Hall–Kier alpha value is -1.32. The lowest BCUT2D eigenvalue weighted by Crippen LogP contribution is -2.40. The van der Waals surface area contributed by atoms with Gasteiger partial charge in [-0.05, 0) is 38.0 Å². The SMILES string of the molecule is CCCCC1CCC(C(C)(CC)OC(=O)/C=C/C(=O)O)CC1. The first kappa shape index (κ1) is 18.7. The second-order valence-electron chi connectivity index (χ2n) is 6.62. The van der Waals surface area contributed by atoms with E-state index in [1.165, 1.54) is 32.1 Å². The van der Waals surface area contributed by atoms with E-state index in [0.717, 1.165) is 37.3 Å². The fourth-order valence-electron chi connectivity index (χ4n) is 3.40. The molecule has 22 heavy (non-hydrogen) atoms. The molecule has 4 heteroatoms. The molecule has 0 bridgehead atoms. The highest BCUT2D eigenvalue weighted by Gasteiger charge is 2.38. The maximum atomic E-state index is 11.8. The maximum Gasteiger partial charge on any atom is 0.331 e. The minimum atomic E-state index is -1.13. The fraction of sp³-hybridized carbons (Fsp3) is 0.778. The van der Waals surface area contributed by atoms with Crippen molar-refractivity contribution in [2.75, 3.05) is 0 Å². The van der Waals surface area contributed by atoms with E-state index in [2.05, 4.69) is 6.92 Å². The van der Waals surface area contributed by atoms with Gasteiger partial charge in [-0.15, -0.1) is 0 Å². The van der Waals surface area contributed by atoms with Crippen molar-refractivity contribution in [1.82, 2.24) is 0 Å². The summed E-state index contributed by atoms with van der Waals surface area (Å²) in [4.78, 5) is 22.3. The number of unbranched alkanes of at least 4 members (excludes halogenated alkanes) is 1. The average molecular weight is 310 g/mol. The third-order valence-electron chi connectivity index (χ3n) is 5.07. The molecule has 1 saturated carbocycles. The van der Waals surface area contributed by atoms with Crippen molar-refractivity contribution in [3.05, 3.63) is 12.2 Å². The number of carbonyl (C=O) groups is 2. The fourth-order valence-corrected chi connectivity index (χ4v) is 3.40. The molecule has 1 fully saturated rings. The van der Waals surface area contributed by atoms with Gasteiger partial charge in [0.15, 0.2) is 0 Å². The molecule has 0 aromatic heterocycles. The van der Waals surface area contributed by atoms with Gasteiger partial charge in [-0.25, -0.2) is 9.59 Å². The van der Waals surface area contributed by atoms with Gasteiger partial charge >= 0.3 is 11.9 Å². The number of hydrogen-bond donors (Lipinski definition) is 1. The van der Waals surface area contributed by atoms with E-state index < -0.39 is 17.5 Å². The molecule has 1 aliphatic rings. The molecule has 0 spiro atoms. The Morgan fingerprint density at radius 1 is 1.18 bits per heavy atom. The smallest absolute Gasteiger partial charge is 0.331 e. The molecule has 0 heterocycles. The third kappa shape index (κ3) is 5.82. The van der Waals surface area contributed by atoms with Crippen LogP contribution in [0.5, 0.6) is 0 Å². The Kier molecular flexibility index (Phi) is 7.63. The first-order valence-electron chi connectivity index (χ1n) is 8.55. The summed E-state index contributed by atoms with van der Waals surface area (Å²) in [6, 6.07) is 0. The molecule has 0 saturated heterocycles. The topological polar surface area (TPSA) is 63.6 Å². The minimum absolute atomic E-state index is 0.373. The first-order chi connectivity index (χ1) is 10.4. The summed E-state index contributed by atoms with van der Waals surface area (Å²) in [7, 11) is 0. The molecule has 1 unspecified atom stereocenters. The van der Waals surface area contributed by atoms with Crippen LogP contribution in [0.3, 0.4) is 0 Å². The van der Waals surface area contributed by atoms with E-state index in [1.807, 2.05) is 13.8 Å². The van der Waals surface area contributed by atoms with Crippen LogP contribution in [-0.2, 0) is 14.3 Å². The summed E-state index contributed by atoms with van der Waals surface area (Å²) in [5.41, 5.74) is -0.490. The molecular weight excluding hydrogens is 280 g/mol. The Morgan fingerprint density at radius 3 is 2.32 bits per heavy atom. The Morgan fingerprint density at radius 2 is 1.82 bits per heavy atom. The monoisotopic (exact) mass is 310 g/mol. The highest BCUT2D eigenvalue weighted by atomic mass is 16.6. The molecule has 0 aromatic rings. The van der Waals surface area contributed by atoms with Gasteiger partial charge in [0.2, 0.25) is 0 Å². The van der Waals surface area contributed by atoms with Crippen LogP contribution in [0.2, 0.25) is 0 Å². The zero-order chi connectivity index (χ0) is 16.6. The van der Waals surface area contributed by atoms with Gasteiger partial charge in [-0.2, -0.15) is 0 Å². The summed E-state index contributed by atoms with van der Waals surface area (Å²) >= 11 is 0. The number of ether oxygens (including phenoxy) is 1. The van der Waals surface area contributed by atoms with E-state index in [-0.39, 0.29) is 0 Å². The van der Waals surface area contributed by atoms with E-state index in [9.17, 15) is 9.59 Å². The standard InChI is InChI=1S/C18H30O4/c1-4-6-7-14-8-10-15(11-9-14)18(3,5-2)22-17(21)13-12-16(19)20/h12-15H,4-11H2,1-3H3,(H,19,20)/b13-12+. The number of carbonyl (C=O) groups excluding carboxylic acids is 1. The van der Waals surface area contributed by atoms with Gasteiger partial charge in [0.05, 0.1) is 0 Å². The molecule has 1 atom stereocenters. The molecule has 0 radical (unpaired) electrons. The third-order valence-corrected chi connectivity index (χ3v) is 5.07. The van der Waals surface area contributed by atoms with Crippen LogP contribution < -0.4 is 0 Å². The summed E-state index contributed by atoms with van der Waals surface area (Å²) in [6.45, 7) is 6.23. The van der Waals surface area contributed by atoms with E-state index in [0.29, 0.717) is 5.92 Å². The second kappa shape index (κ2) is 8.96. The van der Waals surface area contributed by atoms with Crippen LogP contribution >= 0.6 is 0 Å². The van der Waals surface area contributed by atoms with Crippen LogP contribution in [0.4, 0.5) is 0 Å². The number of carboxylic acid groups (broad SMARTS) is 1. The van der Waals surface area contributed by atoms with Gasteiger partial charge in [-0.1, -0.05) is 46.0 Å². The van der Waals surface area contributed by atoms with Gasteiger partial charge in [-0.3, -0.25) is 0 Å². The zero-order valence-electron chi connectivity index (χ0n) is 14.1. The average Bonchev–Trinajstić information content (AvgIpc) is 2.51. The molecule has 0 amide bonds. The van der Waals surface area contributed by atoms with E-state index in [4.69, 9.17) is 9.84 Å². The van der Waals surface area contributed by atoms with Crippen LogP contribution in [0.1, 0.15) is 72.1 Å². The lowest BCUT2D eigenvalue weighted by Gasteiger charge is -2.40. The van der Waals surface area contributed by atoms with Crippen molar-refractivity contribution in [2.24, 2.45) is 11.8 Å². The summed E-state index contributed by atoms with van der Waals surface area (Å²) in [5.74, 6) is -0.496. The van der Waals surface area contributed by atoms with Crippen molar-refractivity contribution in [3.8, 4) is 0 Å². The van der Waals surface area contributed by atoms with Crippen molar-refractivity contribution >= 4 is 11.9 Å². The number of hydrogen-bond acceptors (Lipinski definition) is 3. The molecule has 1 aliphatic carbocycles. The molecular formula is C18H30O4. The quantitative estimate of drug-likeness (QED) is 0.535. The number of rotatable bonds is 8. The van der Waals surface area contributed by atoms with E-state index in [1.54, 1.807) is 0 Å². The van der Waals surface area contributed by atoms with Crippen molar-refractivity contribution < 1.29 is 19.4 Å². The van der Waals surface area contributed by atoms with Crippen molar-refractivity contribution in [2.45, 2.75) is 77.7 Å². The molecule has 126 valence electrons. The van der Waals surface area contributed by atoms with Crippen LogP contribution in [-0.4, -0.2) is 22.6 Å². The zero-order valence-corrected chi connectivity index (χ0v) is 14.1. The molecule has 0 aromatic carbocycles. The predicted molar refractivity (Wildman–Crippen MR) is 86.5 cm³/mol. The van der Waals surface area contributed by atoms with E-state index >= 15 is 0 Å². The van der Waals surface area contributed by atoms with Crippen molar-refractivity contribution in [1.29, 1.82) is 0 Å². The first-order valence-corrected chi connectivity index (χ1v) is 8.55. The molecule has 0 aliphatic heterocycles. The highest BCUT2D eigenvalue weighted by molar-refractivity contribution is 5.90. The summed E-state index contributed by atoms with van der Waals surface area (Å²) in [6.07, 6.45) is 11.1. The van der Waals surface area contributed by atoms with Crippen LogP contribution in [0, 0.1) is 11.8 Å². The van der Waals surface area contributed by atoms with Crippen LogP contribution in [0.25, 0.3) is 0 Å². The Bertz CT molecular complexity index is 394. The van der Waals surface area contributed by atoms with Gasteiger partial charge in [0, 0.05) is 12.2 Å². The number of aliphatic carboxylic acids is 1. The van der Waals surface area contributed by atoms with Crippen LogP contribution in [0.15, 0.2) is 12.2 Å². The Labute approximate surface area is 133 Å². The second-order valence-corrected chi connectivity index (χ2v) is 6.62. The maximum absolute atomic E-state index is 11.8. The number of carboxylic acids is 1. The van der Waals surface area contributed by atoms with Gasteiger partial charge in [0.1, 0.15) is 5.60 Å². The molecule has 4 nitrogen and oxygen atoms in total. The largest absolute Gasteiger partial charge is 0.478 e. The van der Waals surface area contributed by atoms with Gasteiger partial charge in [0.25, 0.3) is 0 Å². The normalized spacial score (nSPS) is 24.9. The predicted octanol–water partition coefficient (Wildman–Crippen LogP) is 4.34. The summed E-state index contributed by atoms with van der Waals surface area (Å²) in [5, 5.41) is 8.57. The molecule has 1 rings (SSSR count). The lowest BCUT2D eigenvalue weighted by atomic mass is 9.72. The van der Waals surface area contributed by atoms with Gasteiger partial charge < -0.3 is 9.84 Å². The Balaban J connectivity index is 2.55. The number of esters is 1. The minimum Gasteiger partial charge on any atom is -0.478 e. The molecule has 1 N–H and O–H groups in total.